The lowest BCUT2D eigenvalue weighted by Crippen LogP contribution is -2.46. The molecule has 0 fully saturated rings. The van der Waals surface area contributed by atoms with Crippen LogP contribution in [0.4, 0.5) is 0 Å². The fourth-order valence-corrected chi connectivity index (χ4v) is 2.64. The first-order chi connectivity index (χ1) is 7.86. The standard InChI is InChI=1S/C11H19N3O2S/c1-8-7-9(14(3)13-8)17-6-5-11(2,12)10(15)16-4/h7H,5-6,12H2,1-4H3. The van der Waals surface area contributed by atoms with Crippen LogP contribution in [0.15, 0.2) is 11.1 Å². The van der Waals surface area contributed by atoms with Gasteiger partial charge in [0.15, 0.2) is 0 Å². The van der Waals surface area contributed by atoms with Gasteiger partial charge in [-0.3, -0.25) is 9.48 Å². The quantitative estimate of drug-likeness (QED) is 0.632. The van der Waals surface area contributed by atoms with Gasteiger partial charge in [-0.25, -0.2) is 0 Å². The van der Waals surface area contributed by atoms with Crippen LogP contribution >= 0.6 is 11.8 Å². The van der Waals surface area contributed by atoms with Crippen molar-refractivity contribution in [2.24, 2.45) is 12.8 Å². The molecule has 1 atom stereocenters. The van der Waals surface area contributed by atoms with Crippen molar-refractivity contribution in [1.82, 2.24) is 9.78 Å². The predicted molar refractivity (Wildman–Crippen MR) is 67.9 cm³/mol. The molecule has 1 heterocycles. The fourth-order valence-electron chi connectivity index (χ4n) is 1.42. The molecule has 0 amide bonds. The first-order valence-corrected chi connectivity index (χ1v) is 6.36. The van der Waals surface area contributed by atoms with Crippen molar-refractivity contribution < 1.29 is 9.53 Å². The number of aromatic nitrogens is 2. The maximum Gasteiger partial charge on any atom is 0.325 e. The Morgan fingerprint density at radius 1 is 1.71 bits per heavy atom. The highest BCUT2D eigenvalue weighted by Gasteiger charge is 2.28. The number of hydrogen-bond acceptors (Lipinski definition) is 5. The maximum atomic E-state index is 11.4. The van der Waals surface area contributed by atoms with Crippen molar-refractivity contribution in [3.63, 3.8) is 0 Å². The minimum absolute atomic E-state index is 0.376. The second kappa shape index (κ2) is 5.55. The van der Waals surface area contributed by atoms with E-state index < -0.39 is 5.54 Å². The van der Waals surface area contributed by atoms with Crippen LogP contribution in [0.3, 0.4) is 0 Å². The van der Waals surface area contributed by atoms with Crippen LogP contribution in [0.1, 0.15) is 19.0 Å². The van der Waals surface area contributed by atoms with Crippen LogP contribution in [-0.4, -0.2) is 34.2 Å². The molecule has 0 aromatic carbocycles. The van der Waals surface area contributed by atoms with Crippen LogP contribution in [0.5, 0.6) is 0 Å². The number of aryl methyl sites for hydroxylation is 2. The summed E-state index contributed by atoms with van der Waals surface area (Å²) in [5.74, 6) is 0.375. The third-order valence-corrected chi connectivity index (χ3v) is 3.57. The number of nitrogens with two attached hydrogens (primary N) is 1. The summed E-state index contributed by atoms with van der Waals surface area (Å²) < 4.78 is 6.48. The number of carbonyl (C=O) groups excluding carboxylic acids is 1. The molecule has 6 heteroatoms. The molecule has 1 unspecified atom stereocenters. The van der Waals surface area contributed by atoms with Crippen molar-refractivity contribution >= 4 is 17.7 Å². The van der Waals surface area contributed by atoms with E-state index in [9.17, 15) is 4.79 Å². The average molecular weight is 257 g/mol. The minimum atomic E-state index is -0.921. The molecule has 5 nitrogen and oxygen atoms in total. The summed E-state index contributed by atoms with van der Waals surface area (Å²) in [5.41, 5.74) is 5.93. The molecular formula is C11H19N3O2S. The van der Waals surface area contributed by atoms with Gasteiger partial charge in [-0.05, 0) is 26.3 Å². The van der Waals surface area contributed by atoms with Gasteiger partial charge in [0.1, 0.15) is 5.54 Å². The van der Waals surface area contributed by atoms with Crippen molar-refractivity contribution in [3.05, 3.63) is 11.8 Å². The monoisotopic (exact) mass is 257 g/mol. The van der Waals surface area contributed by atoms with Gasteiger partial charge < -0.3 is 10.5 Å². The van der Waals surface area contributed by atoms with E-state index in [2.05, 4.69) is 9.84 Å². The van der Waals surface area contributed by atoms with Crippen LogP contribution < -0.4 is 5.73 Å². The van der Waals surface area contributed by atoms with Crippen molar-refractivity contribution in [3.8, 4) is 0 Å². The lowest BCUT2D eigenvalue weighted by Gasteiger charge is -2.20. The molecule has 1 rings (SSSR count). The molecule has 0 saturated carbocycles. The number of esters is 1. The Balaban J connectivity index is 2.48. The summed E-state index contributed by atoms with van der Waals surface area (Å²) in [4.78, 5) is 11.4. The molecular weight excluding hydrogens is 238 g/mol. The lowest BCUT2D eigenvalue weighted by atomic mass is 10.0. The van der Waals surface area contributed by atoms with Crippen LogP contribution in [0.25, 0.3) is 0 Å². The molecule has 0 radical (unpaired) electrons. The number of ether oxygens (including phenoxy) is 1. The van der Waals surface area contributed by atoms with E-state index in [0.29, 0.717) is 6.42 Å². The summed E-state index contributed by atoms with van der Waals surface area (Å²) >= 11 is 1.64. The van der Waals surface area contributed by atoms with Crippen LogP contribution in [-0.2, 0) is 16.6 Å². The molecule has 17 heavy (non-hydrogen) atoms. The molecule has 0 saturated heterocycles. The third kappa shape index (κ3) is 3.74. The molecule has 96 valence electrons. The second-order valence-electron chi connectivity index (χ2n) is 4.26. The minimum Gasteiger partial charge on any atom is -0.468 e. The Morgan fingerprint density at radius 2 is 2.35 bits per heavy atom. The van der Waals surface area contributed by atoms with E-state index in [4.69, 9.17) is 5.73 Å². The van der Waals surface area contributed by atoms with Gasteiger partial charge >= 0.3 is 5.97 Å². The van der Waals surface area contributed by atoms with Crippen molar-refractivity contribution in [2.45, 2.75) is 30.8 Å². The average Bonchev–Trinajstić information content (AvgIpc) is 2.56. The first-order valence-electron chi connectivity index (χ1n) is 5.37. The zero-order chi connectivity index (χ0) is 13.1. The molecule has 2 N–H and O–H groups in total. The second-order valence-corrected chi connectivity index (χ2v) is 5.37. The van der Waals surface area contributed by atoms with Gasteiger partial charge in [0.25, 0.3) is 0 Å². The summed E-state index contributed by atoms with van der Waals surface area (Å²) in [6.07, 6.45) is 0.564. The Morgan fingerprint density at radius 3 is 2.82 bits per heavy atom. The molecule has 0 aliphatic heterocycles. The number of methoxy groups -OCH3 is 1. The highest BCUT2D eigenvalue weighted by Crippen LogP contribution is 2.21. The smallest absolute Gasteiger partial charge is 0.325 e. The topological polar surface area (TPSA) is 70.1 Å². The largest absolute Gasteiger partial charge is 0.468 e. The highest BCUT2D eigenvalue weighted by atomic mass is 32.2. The van der Waals surface area contributed by atoms with E-state index in [1.54, 1.807) is 18.7 Å². The normalized spacial score (nSPS) is 14.4. The summed E-state index contributed by atoms with van der Waals surface area (Å²) in [6.45, 7) is 3.64. The number of hydrogen-bond donors (Lipinski definition) is 1. The number of rotatable bonds is 5. The number of thioether (sulfide) groups is 1. The Kier molecular flexibility index (Phi) is 4.59. The lowest BCUT2D eigenvalue weighted by molar-refractivity contribution is -0.146. The van der Waals surface area contributed by atoms with E-state index in [1.807, 2.05) is 24.7 Å². The molecule has 1 aromatic heterocycles. The number of carbonyl (C=O) groups is 1. The fraction of sp³-hybridized carbons (Fsp3) is 0.636. The summed E-state index contributed by atoms with van der Waals surface area (Å²) in [5, 5.41) is 5.32. The molecule has 0 aliphatic carbocycles. The van der Waals surface area contributed by atoms with Gasteiger partial charge in [0.2, 0.25) is 0 Å². The van der Waals surface area contributed by atoms with Gasteiger partial charge in [-0.15, -0.1) is 11.8 Å². The van der Waals surface area contributed by atoms with Crippen molar-refractivity contribution in [1.29, 1.82) is 0 Å². The van der Waals surface area contributed by atoms with E-state index in [0.717, 1.165) is 16.5 Å². The predicted octanol–water partition coefficient (Wildman–Crippen LogP) is 1.10. The van der Waals surface area contributed by atoms with Crippen LogP contribution in [0, 0.1) is 6.92 Å². The molecule has 0 aliphatic rings. The number of nitrogens with zero attached hydrogens (tertiary/aromatic N) is 2. The van der Waals surface area contributed by atoms with E-state index >= 15 is 0 Å². The van der Waals surface area contributed by atoms with Gasteiger partial charge in [-0.1, -0.05) is 0 Å². The summed E-state index contributed by atoms with van der Waals surface area (Å²) in [6, 6.07) is 2.01. The van der Waals surface area contributed by atoms with Gasteiger partial charge in [0, 0.05) is 12.8 Å². The van der Waals surface area contributed by atoms with Crippen LogP contribution in [0.2, 0.25) is 0 Å². The molecule has 0 bridgehead atoms. The SMILES string of the molecule is COC(=O)C(C)(N)CCSc1cc(C)nn1C. The molecule has 0 spiro atoms. The first kappa shape index (κ1) is 14.1. The molecule has 1 aromatic rings. The van der Waals surface area contributed by atoms with Crippen molar-refractivity contribution in [2.75, 3.05) is 12.9 Å². The zero-order valence-electron chi connectivity index (χ0n) is 10.7. The highest BCUT2D eigenvalue weighted by molar-refractivity contribution is 7.99. The summed E-state index contributed by atoms with van der Waals surface area (Å²) in [7, 11) is 3.25. The van der Waals surface area contributed by atoms with E-state index in [1.165, 1.54) is 7.11 Å². The third-order valence-electron chi connectivity index (χ3n) is 2.48. The Hall–Kier alpha value is -1.01. The Bertz CT molecular complexity index is 401. The van der Waals surface area contributed by atoms with Gasteiger partial charge in [-0.2, -0.15) is 5.10 Å². The maximum absolute atomic E-state index is 11.4. The van der Waals surface area contributed by atoms with E-state index in [-0.39, 0.29) is 5.97 Å². The zero-order valence-corrected chi connectivity index (χ0v) is 11.5. The Labute approximate surface area is 106 Å². The van der Waals surface area contributed by atoms with Gasteiger partial charge in [0.05, 0.1) is 17.8 Å².